The standard InChI is InChI=1S/C16H23ClN2O2/c1-19(12-15-7-2-3-10-21-15)9-8-16(20)18-14-6-4-5-13(17)11-14/h4-6,11,15H,2-3,7-10,12H2,1H3,(H,18,20). The molecule has 1 atom stereocenters. The Kier molecular flexibility index (Phi) is 6.49. The molecule has 21 heavy (non-hydrogen) atoms. The highest BCUT2D eigenvalue weighted by Gasteiger charge is 2.16. The number of amides is 1. The van der Waals surface area contributed by atoms with E-state index in [1.807, 2.05) is 19.2 Å². The Morgan fingerprint density at radius 2 is 2.33 bits per heavy atom. The number of hydrogen-bond acceptors (Lipinski definition) is 3. The zero-order valence-corrected chi connectivity index (χ0v) is 13.2. The first-order chi connectivity index (χ1) is 10.1. The summed E-state index contributed by atoms with van der Waals surface area (Å²) in [5, 5.41) is 3.48. The van der Waals surface area contributed by atoms with Crippen LogP contribution in [0.5, 0.6) is 0 Å². The molecule has 1 N–H and O–H groups in total. The van der Waals surface area contributed by atoms with E-state index < -0.39 is 0 Å². The SMILES string of the molecule is CN(CCC(=O)Nc1cccc(Cl)c1)CC1CCCCO1. The van der Waals surface area contributed by atoms with Crippen molar-refractivity contribution in [3.05, 3.63) is 29.3 Å². The molecular weight excluding hydrogens is 288 g/mol. The number of anilines is 1. The van der Waals surface area contributed by atoms with E-state index in [0.29, 0.717) is 17.5 Å². The molecule has 1 aliphatic heterocycles. The van der Waals surface area contributed by atoms with Crippen LogP contribution < -0.4 is 5.32 Å². The third kappa shape index (κ3) is 6.04. The van der Waals surface area contributed by atoms with Crippen LogP contribution >= 0.6 is 11.6 Å². The largest absolute Gasteiger partial charge is 0.377 e. The molecule has 1 aliphatic rings. The highest BCUT2D eigenvalue weighted by atomic mass is 35.5. The zero-order valence-electron chi connectivity index (χ0n) is 12.5. The van der Waals surface area contributed by atoms with Crippen molar-refractivity contribution in [2.75, 3.05) is 32.1 Å². The average Bonchev–Trinajstić information content (AvgIpc) is 2.46. The van der Waals surface area contributed by atoms with Gasteiger partial charge >= 0.3 is 0 Å². The van der Waals surface area contributed by atoms with Gasteiger partial charge in [0.25, 0.3) is 0 Å². The number of carbonyl (C=O) groups is 1. The van der Waals surface area contributed by atoms with Crippen LogP contribution in [0.15, 0.2) is 24.3 Å². The number of rotatable bonds is 6. The average molecular weight is 311 g/mol. The van der Waals surface area contributed by atoms with E-state index in [9.17, 15) is 4.79 Å². The lowest BCUT2D eigenvalue weighted by Gasteiger charge is -2.27. The quantitative estimate of drug-likeness (QED) is 0.877. The molecule has 1 saturated heterocycles. The Labute approximate surface area is 131 Å². The molecule has 116 valence electrons. The minimum Gasteiger partial charge on any atom is -0.377 e. The Balaban J connectivity index is 1.68. The lowest BCUT2D eigenvalue weighted by molar-refractivity contribution is -0.116. The molecule has 0 aromatic heterocycles. The normalized spacial score (nSPS) is 18.7. The summed E-state index contributed by atoms with van der Waals surface area (Å²) in [7, 11) is 2.03. The second kappa shape index (κ2) is 8.37. The molecule has 0 spiro atoms. The van der Waals surface area contributed by atoms with Gasteiger partial charge in [-0.25, -0.2) is 0 Å². The van der Waals surface area contributed by atoms with Crippen LogP contribution in [0.4, 0.5) is 5.69 Å². The highest BCUT2D eigenvalue weighted by Crippen LogP contribution is 2.15. The summed E-state index contributed by atoms with van der Waals surface area (Å²) >= 11 is 5.89. The molecule has 0 radical (unpaired) electrons. The number of benzene rings is 1. The van der Waals surface area contributed by atoms with E-state index in [2.05, 4.69) is 10.2 Å². The molecule has 4 nitrogen and oxygen atoms in total. The number of likely N-dealkylation sites (N-methyl/N-ethyl adjacent to an activating group) is 1. The molecule has 0 saturated carbocycles. The summed E-state index contributed by atoms with van der Waals surface area (Å²) < 4.78 is 5.71. The Morgan fingerprint density at radius 1 is 1.48 bits per heavy atom. The van der Waals surface area contributed by atoms with Crippen LogP contribution in [0.3, 0.4) is 0 Å². The van der Waals surface area contributed by atoms with Crippen LogP contribution in [0, 0.1) is 0 Å². The molecule has 1 fully saturated rings. The maximum atomic E-state index is 11.9. The van der Waals surface area contributed by atoms with Gasteiger partial charge in [0.2, 0.25) is 5.91 Å². The Morgan fingerprint density at radius 3 is 3.05 bits per heavy atom. The monoisotopic (exact) mass is 310 g/mol. The predicted octanol–water partition coefficient (Wildman–Crippen LogP) is 3.17. The van der Waals surface area contributed by atoms with Crippen molar-refractivity contribution in [1.29, 1.82) is 0 Å². The second-order valence-electron chi connectivity index (χ2n) is 5.56. The summed E-state index contributed by atoms with van der Waals surface area (Å²) in [6, 6.07) is 7.20. The van der Waals surface area contributed by atoms with Crippen molar-refractivity contribution in [1.82, 2.24) is 4.90 Å². The van der Waals surface area contributed by atoms with Gasteiger partial charge in [-0.15, -0.1) is 0 Å². The first-order valence-electron chi connectivity index (χ1n) is 7.49. The summed E-state index contributed by atoms with van der Waals surface area (Å²) in [6.07, 6.45) is 4.32. The van der Waals surface area contributed by atoms with Crippen molar-refractivity contribution in [3.63, 3.8) is 0 Å². The minimum absolute atomic E-state index is 0.00804. The van der Waals surface area contributed by atoms with E-state index >= 15 is 0 Å². The molecule has 5 heteroatoms. The number of nitrogens with zero attached hydrogens (tertiary/aromatic N) is 1. The third-order valence-corrected chi connectivity index (χ3v) is 3.85. The molecule has 1 amide bonds. The molecular formula is C16H23ClN2O2. The number of carbonyl (C=O) groups excluding carboxylic acids is 1. The summed E-state index contributed by atoms with van der Waals surface area (Å²) in [5.41, 5.74) is 0.741. The number of ether oxygens (including phenoxy) is 1. The molecule has 0 aliphatic carbocycles. The van der Waals surface area contributed by atoms with Gasteiger partial charge in [-0.2, -0.15) is 0 Å². The topological polar surface area (TPSA) is 41.6 Å². The van der Waals surface area contributed by atoms with Crippen LogP contribution in [0.25, 0.3) is 0 Å². The maximum Gasteiger partial charge on any atom is 0.225 e. The summed E-state index contributed by atoms with van der Waals surface area (Å²) in [6.45, 7) is 2.49. The molecule has 1 aromatic carbocycles. The second-order valence-corrected chi connectivity index (χ2v) is 6.00. The Hall–Kier alpha value is -1.10. The third-order valence-electron chi connectivity index (χ3n) is 3.62. The minimum atomic E-state index is 0.00804. The molecule has 1 unspecified atom stereocenters. The predicted molar refractivity (Wildman–Crippen MR) is 85.8 cm³/mol. The molecule has 1 aromatic rings. The lowest BCUT2D eigenvalue weighted by atomic mass is 10.1. The van der Waals surface area contributed by atoms with E-state index in [0.717, 1.165) is 31.8 Å². The lowest BCUT2D eigenvalue weighted by Crippen LogP contribution is -2.35. The van der Waals surface area contributed by atoms with Crippen molar-refractivity contribution in [2.45, 2.75) is 31.8 Å². The van der Waals surface area contributed by atoms with Gasteiger partial charge in [0.05, 0.1) is 6.10 Å². The molecule has 2 rings (SSSR count). The van der Waals surface area contributed by atoms with Crippen molar-refractivity contribution in [2.24, 2.45) is 0 Å². The van der Waals surface area contributed by atoms with E-state index in [1.165, 1.54) is 12.8 Å². The van der Waals surface area contributed by atoms with E-state index in [-0.39, 0.29) is 5.91 Å². The number of hydrogen-bond donors (Lipinski definition) is 1. The van der Waals surface area contributed by atoms with Crippen LogP contribution in [-0.4, -0.2) is 43.7 Å². The van der Waals surface area contributed by atoms with Crippen molar-refractivity contribution < 1.29 is 9.53 Å². The summed E-state index contributed by atoms with van der Waals surface area (Å²) in [4.78, 5) is 14.1. The van der Waals surface area contributed by atoms with Gasteiger partial charge in [0, 0.05) is 36.8 Å². The van der Waals surface area contributed by atoms with Gasteiger partial charge < -0.3 is 15.0 Å². The smallest absolute Gasteiger partial charge is 0.225 e. The van der Waals surface area contributed by atoms with Crippen LogP contribution in [0.1, 0.15) is 25.7 Å². The van der Waals surface area contributed by atoms with Gasteiger partial charge in [0.15, 0.2) is 0 Å². The summed E-state index contributed by atoms with van der Waals surface area (Å²) in [5.74, 6) is 0.00804. The fourth-order valence-corrected chi connectivity index (χ4v) is 2.66. The van der Waals surface area contributed by atoms with E-state index in [4.69, 9.17) is 16.3 Å². The van der Waals surface area contributed by atoms with Crippen LogP contribution in [-0.2, 0) is 9.53 Å². The van der Waals surface area contributed by atoms with Gasteiger partial charge in [-0.1, -0.05) is 17.7 Å². The first kappa shape index (κ1) is 16.3. The number of nitrogens with one attached hydrogen (secondary N) is 1. The van der Waals surface area contributed by atoms with Gasteiger partial charge in [0.1, 0.15) is 0 Å². The van der Waals surface area contributed by atoms with E-state index in [1.54, 1.807) is 12.1 Å². The fourth-order valence-electron chi connectivity index (χ4n) is 2.47. The Bertz CT molecular complexity index is 461. The first-order valence-corrected chi connectivity index (χ1v) is 7.87. The zero-order chi connectivity index (χ0) is 15.1. The molecule has 1 heterocycles. The van der Waals surface area contributed by atoms with Gasteiger partial charge in [-0.05, 0) is 44.5 Å². The maximum absolute atomic E-state index is 11.9. The highest BCUT2D eigenvalue weighted by molar-refractivity contribution is 6.30. The molecule has 0 bridgehead atoms. The number of halogens is 1. The van der Waals surface area contributed by atoms with Crippen molar-refractivity contribution in [3.8, 4) is 0 Å². The fraction of sp³-hybridized carbons (Fsp3) is 0.562. The van der Waals surface area contributed by atoms with Gasteiger partial charge in [-0.3, -0.25) is 4.79 Å². The van der Waals surface area contributed by atoms with Crippen molar-refractivity contribution >= 4 is 23.2 Å². The van der Waals surface area contributed by atoms with Crippen LogP contribution in [0.2, 0.25) is 5.02 Å².